The third kappa shape index (κ3) is 19.6. The molecule has 0 N–H and O–H groups in total. The molecule has 0 atom stereocenters. The molecule has 1 nitrogen and oxygen atoms in total. The van der Waals surface area contributed by atoms with Gasteiger partial charge < -0.3 is 4.57 Å². The molecule has 4 aromatic carbocycles. The van der Waals surface area contributed by atoms with Crippen LogP contribution in [0.3, 0.4) is 0 Å². The zero-order chi connectivity index (χ0) is 55.8. The maximum Gasteiger partial charge on any atom is 0.172 e. The molecule has 4 bridgehead atoms. The number of hydrogen-bond acceptors (Lipinski definition) is 1. The summed E-state index contributed by atoms with van der Waals surface area (Å²) in [5, 5.41) is 3.38. The maximum absolute atomic E-state index is 18.7. The topological polar surface area (TPSA) is 17.1 Å². The molecule has 7 rings (SSSR count). The van der Waals surface area contributed by atoms with E-state index in [2.05, 4.69) is 118 Å². The molecule has 0 fully saturated rings. The zero-order valence-corrected chi connectivity index (χ0v) is 53.0. The van der Waals surface area contributed by atoms with E-state index in [-0.39, 0.29) is 5.41 Å². The van der Waals surface area contributed by atoms with Gasteiger partial charge in [0, 0.05) is 15.9 Å². The SMILES string of the molecule is CCCCCCCCCCC1=C(P(=O)(c2ccccc2-c2c3cccc2CCCCCCCCC3)c2ccccc2-c2c3cccc2CCCCCCCCC3)C=CC(CCCCCCCCCC)(CCCCCCCCCC)C1. The summed E-state index contributed by atoms with van der Waals surface area (Å²) in [4.78, 5) is 0. The molecule has 0 radical (unpaired) electrons. The van der Waals surface area contributed by atoms with Gasteiger partial charge in [-0.3, -0.25) is 0 Å². The van der Waals surface area contributed by atoms with Gasteiger partial charge in [0.2, 0.25) is 0 Å². The van der Waals surface area contributed by atoms with E-state index in [4.69, 9.17) is 0 Å². The summed E-state index contributed by atoms with van der Waals surface area (Å²) in [5.74, 6) is 0. The van der Waals surface area contributed by atoms with Crippen LogP contribution >= 0.6 is 7.14 Å². The van der Waals surface area contributed by atoms with Crippen LogP contribution in [0.4, 0.5) is 0 Å². The fourth-order valence-electron chi connectivity index (χ4n) is 14.8. The van der Waals surface area contributed by atoms with E-state index in [0.717, 1.165) is 49.1 Å². The van der Waals surface area contributed by atoms with Crippen molar-refractivity contribution in [1.82, 2.24) is 0 Å². The molecule has 3 aliphatic carbocycles. The molecule has 0 saturated heterocycles. The normalized spacial score (nSPS) is 16.6. The van der Waals surface area contributed by atoms with Gasteiger partial charge in [-0.25, -0.2) is 0 Å². The van der Waals surface area contributed by atoms with Crippen LogP contribution in [0.15, 0.2) is 108 Å². The lowest BCUT2D eigenvalue weighted by Crippen LogP contribution is -2.27. The van der Waals surface area contributed by atoms with Gasteiger partial charge in [0.05, 0.1) is 0 Å². The molecule has 3 aliphatic rings. The zero-order valence-electron chi connectivity index (χ0n) is 52.1. The van der Waals surface area contributed by atoms with Gasteiger partial charge in [-0.2, -0.15) is 0 Å². The van der Waals surface area contributed by atoms with E-state index >= 15 is 4.57 Å². The molecular formula is C78H117OP. The molecule has 0 unspecified atom stereocenters. The lowest BCUT2D eigenvalue weighted by Gasteiger charge is -2.39. The quantitative estimate of drug-likeness (QED) is 0.0352. The predicted octanol–water partition coefficient (Wildman–Crippen LogP) is 24.8. The summed E-state index contributed by atoms with van der Waals surface area (Å²) in [6.45, 7) is 7.01. The van der Waals surface area contributed by atoms with Crippen molar-refractivity contribution in [2.75, 3.05) is 0 Å². The van der Waals surface area contributed by atoms with Gasteiger partial charge in [0.1, 0.15) is 0 Å². The molecule has 440 valence electrons. The Kier molecular flexibility index (Phi) is 29.7. The minimum atomic E-state index is -3.57. The summed E-state index contributed by atoms with van der Waals surface area (Å²) < 4.78 is 18.7. The summed E-state index contributed by atoms with van der Waals surface area (Å²) in [6.07, 6.45) is 64.6. The second-order valence-corrected chi connectivity index (χ2v) is 28.7. The summed E-state index contributed by atoms with van der Waals surface area (Å²) >= 11 is 0. The summed E-state index contributed by atoms with van der Waals surface area (Å²) in [6, 6.07) is 33.1. The third-order valence-corrected chi connectivity index (χ3v) is 22.8. The van der Waals surface area contributed by atoms with Gasteiger partial charge in [-0.15, -0.1) is 0 Å². The van der Waals surface area contributed by atoms with Crippen molar-refractivity contribution in [1.29, 1.82) is 0 Å². The molecule has 0 heterocycles. The van der Waals surface area contributed by atoms with Crippen LogP contribution in [-0.2, 0) is 30.2 Å². The summed E-state index contributed by atoms with van der Waals surface area (Å²) in [5.41, 5.74) is 12.8. The lowest BCUT2D eigenvalue weighted by atomic mass is 9.70. The first kappa shape index (κ1) is 64.2. The van der Waals surface area contributed by atoms with Crippen LogP contribution in [-0.4, -0.2) is 0 Å². The largest absolute Gasteiger partial charge is 0.309 e. The highest BCUT2D eigenvalue weighted by atomic mass is 31.2. The second-order valence-electron chi connectivity index (χ2n) is 26.0. The highest BCUT2D eigenvalue weighted by Crippen LogP contribution is 2.61. The minimum absolute atomic E-state index is 0.114. The van der Waals surface area contributed by atoms with E-state index in [1.165, 1.54) is 312 Å². The molecule has 2 heteroatoms. The van der Waals surface area contributed by atoms with Crippen LogP contribution < -0.4 is 10.6 Å². The Balaban J connectivity index is 1.41. The summed E-state index contributed by atoms with van der Waals surface area (Å²) in [7, 11) is -3.57. The standard InChI is InChI=1S/C78H117OP/c1-4-7-10-13-16-21-32-39-52-70-65-78(62-44-33-26-17-14-11-8-5-2,63-45-34-27-18-15-12-9-6-3)64-61-73(70)80(79,74-59-42-40-57-71(74)76-66-48-35-28-22-19-23-29-36-49-67(76)54-46-53-66)75-60-43-41-58-72(75)77-68-50-37-30-24-20-25-31-38-51-69(77)56-47-55-68/h40-43,46-47,53-61,64H,4-39,44-45,48-52,62-63,65H2,1-3H3. The number of benzene rings is 4. The van der Waals surface area contributed by atoms with Crippen molar-refractivity contribution < 1.29 is 4.57 Å². The Morgan fingerprint density at radius 3 is 1.06 bits per heavy atom. The first-order valence-electron chi connectivity index (χ1n) is 35.0. The number of fused-ring (bicyclic) bond motifs is 4. The van der Waals surface area contributed by atoms with E-state index in [0.29, 0.717) is 0 Å². The van der Waals surface area contributed by atoms with Crippen molar-refractivity contribution in [2.45, 2.75) is 316 Å². The Labute approximate surface area is 493 Å². The first-order chi connectivity index (χ1) is 39.5. The van der Waals surface area contributed by atoms with Crippen LogP contribution in [0.1, 0.15) is 313 Å². The van der Waals surface area contributed by atoms with E-state index < -0.39 is 7.14 Å². The second kappa shape index (κ2) is 37.0. The van der Waals surface area contributed by atoms with Gasteiger partial charge in [-0.1, -0.05) is 335 Å². The van der Waals surface area contributed by atoms with Crippen molar-refractivity contribution in [3.05, 3.63) is 130 Å². The maximum atomic E-state index is 18.7. The number of allylic oxidation sites excluding steroid dienone is 4. The number of hydrogen-bond donors (Lipinski definition) is 0. The molecule has 0 amide bonds. The number of unbranched alkanes of at least 4 members (excludes halogenated alkanes) is 21. The smallest absolute Gasteiger partial charge is 0.172 e. The fraction of sp³-hybridized carbons (Fsp3) is 0.641. The van der Waals surface area contributed by atoms with Gasteiger partial charge in [0.15, 0.2) is 7.14 Å². The van der Waals surface area contributed by atoms with Crippen molar-refractivity contribution in [3.63, 3.8) is 0 Å². The average Bonchev–Trinajstić information content (AvgIpc) is 3.62. The third-order valence-electron chi connectivity index (χ3n) is 19.5. The van der Waals surface area contributed by atoms with Crippen LogP contribution in [0.2, 0.25) is 0 Å². The highest BCUT2D eigenvalue weighted by molar-refractivity contribution is 7.83. The van der Waals surface area contributed by atoms with Gasteiger partial charge >= 0.3 is 0 Å². The molecular weight excluding hydrogens is 984 g/mol. The van der Waals surface area contributed by atoms with Crippen molar-refractivity contribution >= 4 is 17.8 Å². The van der Waals surface area contributed by atoms with E-state index in [1.807, 2.05) is 0 Å². The molecule has 0 aliphatic heterocycles. The Morgan fingerprint density at radius 2 is 0.688 bits per heavy atom. The molecule has 80 heavy (non-hydrogen) atoms. The molecule has 0 aromatic heterocycles. The van der Waals surface area contributed by atoms with Gasteiger partial charge in [0.25, 0.3) is 0 Å². The molecule has 4 aromatic rings. The Morgan fingerprint density at radius 1 is 0.362 bits per heavy atom. The Hall–Kier alpha value is -3.41. The van der Waals surface area contributed by atoms with E-state index in [1.54, 1.807) is 0 Å². The van der Waals surface area contributed by atoms with Gasteiger partial charge in [-0.05, 0) is 133 Å². The highest BCUT2D eigenvalue weighted by Gasteiger charge is 2.42. The van der Waals surface area contributed by atoms with E-state index in [9.17, 15) is 0 Å². The van der Waals surface area contributed by atoms with Crippen molar-refractivity contribution in [3.8, 4) is 22.3 Å². The number of aryl methyl sites for hydroxylation is 4. The van der Waals surface area contributed by atoms with Crippen LogP contribution in [0, 0.1) is 5.41 Å². The fourth-order valence-corrected chi connectivity index (χ4v) is 18.2. The van der Waals surface area contributed by atoms with Crippen LogP contribution in [0.5, 0.6) is 0 Å². The first-order valence-corrected chi connectivity index (χ1v) is 36.7. The monoisotopic (exact) mass is 1100 g/mol. The lowest BCUT2D eigenvalue weighted by molar-refractivity contribution is 0.286. The predicted molar refractivity (Wildman–Crippen MR) is 355 cm³/mol. The number of rotatable bonds is 32. The average molecular weight is 1100 g/mol. The minimum Gasteiger partial charge on any atom is -0.309 e. The molecule has 0 saturated carbocycles. The molecule has 0 spiro atoms. The van der Waals surface area contributed by atoms with Crippen LogP contribution in [0.25, 0.3) is 22.3 Å². The van der Waals surface area contributed by atoms with Crippen molar-refractivity contribution in [2.24, 2.45) is 5.41 Å². The Bertz CT molecular complexity index is 2270.